The van der Waals surface area contributed by atoms with Crippen LogP contribution in [0, 0.1) is 5.41 Å². The first kappa shape index (κ1) is 15.0. The number of aliphatic carboxylic acids is 1. The average molecular weight is 255 g/mol. The quantitative estimate of drug-likeness (QED) is 0.767. The van der Waals surface area contributed by atoms with Gasteiger partial charge in [-0.25, -0.2) is 0 Å². The molecule has 4 heteroatoms. The normalized spacial score (nSPS) is 25.1. The summed E-state index contributed by atoms with van der Waals surface area (Å²) in [5, 5.41) is 9.25. The Morgan fingerprint density at radius 1 is 1.50 bits per heavy atom. The van der Waals surface area contributed by atoms with Crippen LogP contribution in [0.4, 0.5) is 0 Å². The second-order valence-corrected chi connectivity index (χ2v) is 6.34. The first-order valence-corrected chi connectivity index (χ1v) is 6.48. The number of ether oxygens (including phenoxy) is 1. The molecule has 1 heterocycles. The van der Waals surface area contributed by atoms with E-state index in [4.69, 9.17) is 4.74 Å². The smallest absolute Gasteiger partial charge is 0.321 e. The van der Waals surface area contributed by atoms with Crippen molar-refractivity contribution in [2.75, 3.05) is 13.1 Å². The third-order valence-electron chi connectivity index (χ3n) is 3.17. The maximum Gasteiger partial charge on any atom is 0.321 e. The molecular weight excluding hydrogens is 230 g/mol. The number of likely N-dealkylation sites (tertiary alicyclic amines) is 1. The third kappa shape index (κ3) is 4.69. The lowest BCUT2D eigenvalue weighted by molar-refractivity contribution is -0.142. The van der Waals surface area contributed by atoms with E-state index in [0.717, 1.165) is 13.0 Å². The standard InChI is InChI=1S/C14H25NO3/c1-10(2)18-11-8-12(13(16)17)15(9-11)7-6-14(3,4)5/h11-12H,1,6-9H2,2-5H3,(H,16,17). The molecule has 0 spiro atoms. The highest BCUT2D eigenvalue weighted by Crippen LogP contribution is 2.26. The predicted molar refractivity (Wildman–Crippen MR) is 71.4 cm³/mol. The van der Waals surface area contributed by atoms with Gasteiger partial charge in [0, 0.05) is 13.0 Å². The van der Waals surface area contributed by atoms with Crippen LogP contribution in [-0.2, 0) is 9.53 Å². The third-order valence-corrected chi connectivity index (χ3v) is 3.17. The Morgan fingerprint density at radius 3 is 2.56 bits per heavy atom. The van der Waals surface area contributed by atoms with Crippen LogP contribution in [0.25, 0.3) is 0 Å². The highest BCUT2D eigenvalue weighted by molar-refractivity contribution is 5.74. The van der Waals surface area contributed by atoms with Crippen LogP contribution in [0.15, 0.2) is 12.3 Å². The lowest BCUT2D eigenvalue weighted by Gasteiger charge is -2.25. The molecule has 0 amide bonds. The van der Waals surface area contributed by atoms with Crippen molar-refractivity contribution in [3.05, 3.63) is 12.3 Å². The van der Waals surface area contributed by atoms with Gasteiger partial charge in [0.25, 0.3) is 0 Å². The van der Waals surface area contributed by atoms with Crippen molar-refractivity contribution in [3.63, 3.8) is 0 Å². The molecule has 4 nitrogen and oxygen atoms in total. The molecule has 1 aliphatic heterocycles. The molecule has 18 heavy (non-hydrogen) atoms. The Balaban J connectivity index is 2.58. The zero-order valence-corrected chi connectivity index (χ0v) is 11.9. The fraction of sp³-hybridized carbons (Fsp3) is 0.786. The van der Waals surface area contributed by atoms with E-state index in [1.807, 2.05) is 4.90 Å². The van der Waals surface area contributed by atoms with Gasteiger partial charge in [0.05, 0.1) is 5.76 Å². The summed E-state index contributed by atoms with van der Waals surface area (Å²) in [5.74, 6) is -0.0986. The van der Waals surface area contributed by atoms with E-state index in [9.17, 15) is 9.90 Å². The number of nitrogens with zero attached hydrogens (tertiary/aromatic N) is 1. The van der Waals surface area contributed by atoms with E-state index in [1.54, 1.807) is 6.92 Å². The van der Waals surface area contributed by atoms with Crippen LogP contribution < -0.4 is 0 Å². The van der Waals surface area contributed by atoms with Crippen molar-refractivity contribution in [2.24, 2.45) is 5.41 Å². The first-order chi connectivity index (χ1) is 8.19. The molecule has 0 aromatic rings. The molecule has 2 atom stereocenters. The van der Waals surface area contributed by atoms with E-state index < -0.39 is 12.0 Å². The van der Waals surface area contributed by atoms with Gasteiger partial charge in [-0.1, -0.05) is 27.4 Å². The lowest BCUT2D eigenvalue weighted by atomic mass is 9.92. The fourth-order valence-corrected chi connectivity index (χ4v) is 2.21. The van der Waals surface area contributed by atoms with Gasteiger partial charge in [-0.3, -0.25) is 9.69 Å². The zero-order chi connectivity index (χ0) is 13.9. The summed E-state index contributed by atoms with van der Waals surface area (Å²) in [6, 6.07) is -0.420. The predicted octanol–water partition coefficient (Wildman–Crippen LogP) is 2.50. The molecule has 1 saturated heterocycles. The molecule has 104 valence electrons. The van der Waals surface area contributed by atoms with Crippen molar-refractivity contribution < 1.29 is 14.6 Å². The monoisotopic (exact) mass is 255 g/mol. The Labute approximate surface area is 110 Å². The Hall–Kier alpha value is -1.03. The number of hydrogen-bond acceptors (Lipinski definition) is 3. The van der Waals surface area contributed by atoms with Crippen LogP contribution in [0.2, 0.25) is 0 Å². The average Bonchev–Trinajstić information content (AvgIpc) is 2.56. The van der Waals surface area contributed by atoms with Crippen LogP contribution in [0.1, 0.15) is 40.5 Å². The largest absolute Gasteiger partial charge is 0.494 e. The summed E-state index contributed by atoms with van der Waals surface area (Å²) in [7, 11) is 0. The van der Waals surface area contributed by atoms with E-state index in [1.165, 1.54) is 0 Å². The summed E-state index contributed by atoms with van der Waals surface area (Å²) in [5.41, 5.74) is 0.219. The number of carboxylic acid groups (broad SMARTS) is 1. The van der Waals surface area contributed by atoms with Crippen LogP contribution in [0.5, 0.6) is 0 Å². The number of allylic oxidation sites excluding steroid dienone is 1. The number of rotatable bonds is 5. The Bertz CT molecular complexity index is 319. The molecule has 0 radical (unpaired) electrons. The van der Waals surface area contributed by atoms with Crippen molar-refractivity contribution >= 4 is 5.97 Å². The minimum Gasteiger partial charge on any atom is -0.494 e. The molecule has 0 bridgehead atoms. The molecule has 0 aromatic carbocycles. The topological polar surface area (TPSA) is 49.8 Å². The highest BCUT2D eigenvalue weighted by Gasteiger charge is 2.38. The van der Waals surface area contributed by atoms with Crippen molar-refractivity contribution in [3.8, 4) is 0 Å². The molecule has 0 aromatic heterocycles. The van der Waals surface area contributed by atoms with E-state index in [2.05, 4.69) is 27.4 Å². The first-order valence-electron chi connectivity index (χ1n) is 6.48. The van der Waals surface area contributed by atoms with Gasteiger partial charge in [0.1, 0.15) is 12.1 Å². The lowest BCUT2D eigenvalue weighted by Crippen LogP contribution is -2.37. The van der Waals surface area contributed by atoms with Crippen LogP contribution >= 0.6 is 0 Å². The maximum atomic E-state index is 11.2. The van der Waals surface area contributed by atoms with Crippen LogP contribution in [-0.4, -0.2) is 41.2 Å². The molecule has 1 N–H and O–H groups in total. The molecule has 1 fully saturated rings. The van der Waals surface area contributed by atoms with Gasteiger partial charge < -0.3 is 9.84 Å². The minimum atomic E-state index is -0.753. The minimum absolute atomic E-state index is 0.0384. The van der Waals surface area contributed by atoms with E-state index >= 15 is 0 Å². The Kier molecular flexibility index (Phi) is 4.79. The number of carbonyl (C=O) groups is 1. The summed E-state index contributed by atoms with van der Waals surface area (Å²) >= 11 is 0. The van der Waals surface area contributed by atoms with Gasteiger partial charge in [-0.15, -0.1) is 0 Å². The fourth-order valence-electron chi connectivity index (χ4n) is 2.21. The van der Waals surface area contributed by atoms with E-state index in [-0.39, 0.29) is 11.5 Å². The Morgan fingerprint density at radius 2 is 2.11 bits per heavy atom. The molecule has 0 aliphatic carbocycles. The number of hydrogen-bond donors (Lipinski definition) is 1. The summed E-state index contributed by atoms with van der Waals surface area (Å²) < 4.78 is 5.55. The molecule has 2 unspecified atom stereocenters. The van der Waals surface area contributed by atoms with Crippen molar-refractivity contribution in [1.82, 2.24) is 4.90 Å². The van der Waals surface area contributed by atoms with Gasteiger partial charge in [-0.2, -0.15) is 0 Å². The van der Waals surface area contributed by atoms with Crippen LogP contribution in [0.3, 0.4) is 0 Å². The van der Waals surface area contributed by atoms with Gasteiger partial charge in [0.15, 0.2) is 0 Å². The van der Waals surface area contributed by atoms with Crippen molar-refractivity contribution in [2.45, 2.75) is 52.7 Å². The second-order valence-electron chi connectivity index (χ2n) is 6.34. The number of carboxylic acids is 1. The van der Waals surface area contributed by atoms with Gasteiger partial charge >= 0.3 is 5.97 Å². The van der Waals surface area contributed by atoms with Gasteiger partial charge in [0.2, 0.25) is 0 Å². The molecule has 0 saturated carbocycles. The SMILES string of the molecule is C=C(C)OC1CC(C(=O)O)N(CCC(C)(C)C)C1. The molecule has 1 aliphatic rings. The highest BCUT2D eigenvalue weighted by atomic mass is 16.5. The second kappa shape index (κ2) is 5.74. The summed E-state index contributed by atoms with van der Waals surface area (Å²) in [6.07, 6.45) is 1.49. The molecular formula is C14H25NO3. The summed E-state index contributed by atoms with van der Waals surface area (Å²) in [4.78, 5) is 13.3. The van der Waals surface area contributed by atoms with Crippen molar-refractivity contribution in [1.29, 1.82) is 0 Å². The summed E-state index contributed by atoms with van der Waals surface area (Å²) in [6.45, 7) is 13.5. The van der Waals surface area contributed by atoms with E-state index in [0.29, 0.717) is 18.7 Å². The maximum absolute atomic E-state index is 11.2. The van der Waals surface area contributed by atoms with Gasteiger partial charge in [-0.05, 0) is 25.3 Å². The molecule has 1 rings (SSSR count). The zero-order valence-electron chi connectivity index (χ0n) is 11.9.